The van der Waals surface area contributed by atoms with E-state index in [-0.39, 0.29) is 11.5 Å². The molecule has 6 heteroatoms. The van der Waals surface area contributed by atoms with Gasteiger partial charge in [-0.15, -0.1) is 0 Å². The molecule has 2 aliphatic rings. The number of rotatable bonds is 3. The van der Waals surface area contributed by atoms with E-state index in [4.69, 9.17) is 4.74 Å². The Labute approximate surface area is 118 Å². The van der Waals surface area contributed by atoms with Crippen molar-refractivity contribution in [1.82, 2.24) is 14.5 Å². The van der Waals surface area contributed by atoms with E-state index < -0.39 is 6.10 Å². The lowest BCUT2D eigenvalue weighted by molar-refractivity contribution is -0.152. The van der Waals surface area contributed by atoms with Gasteiger partial charge in [-0.05, 0) is 19.3 Å². The van der Waals surface area contributed by atoms with Gasteiger partial charge in [0.15, 0.2) is 0 Å². The smallest absolute Gasteiger partial charge is 0.224 e. The summed E-state index contributed by atoms with van der Waals surface area (Å²) in [6.07, 6.45) is 7.80. The third kappa shape index (κ3) is 2.58. The normalized spacial score (nSPS) is 30.1. The molecule has 110 valence electrons. The predicted octanol–water partition coefficient (Wildman–Crippen LogP) is 0.416. The summed E-state index contributed by atoms with van der Waals surface area (Å²) in [5, 5.41) is 10.3. The van der Waals surface area contributed by atoms with Crippen LogP contribution in [0, 0.1) is 0 Å². The molecule has 0 aliphatic carbocycles. The predicted molar refractivity (Wildman–Crippen MR) is 72.0 cm³/mol. The highest BCUT2D eigenvalue weighted by Crippen LogP contribution is 2.36. The second-order valence-corrected chi connectivity index (χ2v) is 5.67. The van der Waals surface area contributed by atoms with Crippen LogP contribution in [0.2, 0.25) is 0 Å². The Morgan fingerprint density at radius 3 is 3.05 bits per heavy atom. The van der Waals surface area contributed by atoms with Gasteiger partial charge < -0.3 is 19.3 Å². The highest BCUT2D eigenvalue weighted by atomic mass is 16.5. The molecule has 0 unspecified atom stereocenters. The molecule has 3 rings (SSSR count). The molecule has 0 aromatic carbocycles. The summed E-state index contributed by atoms with van der Waals surface area (Å²) in [5.74, 6) is 0.0885. The van der Waals surface area contributed by atoms with Gasteiger partial charge in [0.1, 0.15) is 6.10 Å². The molecular formula is C14H21N3O3. The average molecular weight is 279 g/mol. The first-order chi connectivity index (χ1) is 9.70. The highest BCUT2D eigenvalue weighted by molar-refractivity contribution is 5.76. The van der Waals surface area contributed by atoms with Crippen molar-refractivity contribution in [3.05, 3.63) is 18.7 Å². The highest BCUT2D eigenvalue weighted by Gasteiger charge is 2.46. The zero-order chi connectivity index (χ0) is 14.0. The molecule has 1 spiro atoms. The number of ether oxygens (including phenoxy) is 1. The fourth-order valence-electron chi connectivity index (χ4n) is 3.16. The molecule has 3 heterocycles. The third-order valence-corrected chi connectivity index (χ3v) is 4.44. The first-order valence-electron chi connectivity index (χ1n) is 7.25. The van der Waals surface area contributed by atoms with Crippen LogP contribution >= 0.6 is 0 Å². The number of hydrogen-bond donors (Lipinski definition) is 1. The minimum Gasteiger partial charge on any atom is -0.388 e. The molecular weight excluding hydrogens is 258 g/mol. The monoisotopic (exact) mass is 279 g/mol. The van der Waals surface area contributed by atoms with Crippen LogP contribution in [0.1, 0.15) is 25.7 Å². The van der Waals surface area contributed by atoms with E-state index >= 15 is 0 Å². The molecule has 1 amide bonds. The summed E-state index contributed by atoms with van der Waals surface area (Å²) in [6.45, 7) is 2.43. The summed E-state index contributed by atoms with van der Waals surface area (Å²) in [5.41, 5.74) is -0.388. The topological polar surface area (TPSA) is 67.6 Å². The minimum absolute atomic E-state index is 0.0885. The van der Waals surface area contributed by atoms with Gasteiger partial charge in [-0.25, -0.2) is 4.98 Å². The minimum atomic E-state index is -0.559. The molecule has 20 heavy (non-hydrogen) atoms. The number of aryl methyl sites for hydroxylation is 1. The van der Waals surface area contributed by atoms with Crippen LogP contribution in [-0.2, 0) is 16.1 Å². The lowest BCUT2D eigenvalue weighted by Gasteiger charge is -2.42. The van der Waals surface area contributed by atoms with E-state index in [9.17, 15) is 9.90 Å². The molecule has 2 saturated heterocycles. The Balaban J connectivity index is 1.52. The van der Waals surface area contributed by atoms with Crippen molar-refractivity contribution in [2.24, 2.45) is 0 Å². The fourth-order valence-corrected chi connectivity index (χ4v) is 3.16. The second-order valence-electron chi connectivity index (χ2n) is 5.67. The second kappa shape index (κ2) is 5.54. The van der Waals surface area contributed by atoms with Crippen LogP contribution in [0.25, 0.3) is 0 Å². The van der Waals surface area contributed by atoms with Gasteiger partial charge in [-0.2, -0.15) is 0 Å². The number of amides is 1. The van der Waals surface area contributed by atoms with Gasteiger partial charge in [0.05, 0.1) is 11.9 Å². The zero-order valence-corrected chi connectivity index (χ0v) is 11.6. The van der Waals surface area contributed by atoms with Crippen molar-refractivity contribution in [2.45, 2.75) is 43.9 Å². The van der Waals surface area contributed by atoms with E-state index in [1.54, 1.807) is 17.4 Å². The number of piperidine rings is 1. The van der Waals surface area contributed by atoms with Gasteiger partial charge >= 0.3 is 0 Å². The van der Waals surface area contributed by atoms with E-state index in [0.29, 0.717) is 26.1 Å². The van der Waals surface area contributed by atoms with Crippen LogP contribution in [0.5, 0.6) is 0 Å². The molecule has 0 saturated carbocycles. The maximum Gasteiger partial charge on any atom is 0.224 e. The number of β-amino-alcohol motifs (C(OH)–C–C–N with tert-alkyl or cyclic N) is 1. The van der Waals surface area contributed by atoms with Crippen LogP contribution in [0.15, 0.2) is 18.7 Å². The van der Waals surface area contributed by atoms with Crippen molar-refractivity contribution in [3.63, 3.8) is 0 Å². The number of likely N-dealkylation sites (tertiary alicyclic amines) is 1. The van der Waals surface area contributed by atoms with E-state index in [1.807, 2.05) is 10.8 Å². The number of aliphatic hydroxyl groups is 1. The molecule has 0 bridgehead atoms. The van der Waals surface area contributed by atoms with Crippen molar-refractivity contribution < 1.29 is 14.6 Å². The van der Waals surface area contributed by atoms with Crippen molar-refractivity contribution in [3.8, 4) is 0 Å². The van der Waals surface area contributed by atoms with Crippen LogP contribution in [-0.4, -0.2) is 56.9 Å². The summed E-state index contributed by atoms with van der Waals surface area (Å²) in [7, 11) is 0. The van der Waals surface area contributed by atoms with Gasteiger partial charge in [-0.1, -0.05) is 0 Å². The van der Waals surface area contributed by atoms with Gasteiger partial charge in [0, 0.05) is 45.1 Å². The molecule has 0 radical (unpaired) electrons. The summed E-state index contributed by atoms with van der Waals surface area (Å²) >= 11 is 0. The number of carbonyl (C=O) groups is 1. The maximum atomic E-state index is 12.2. The average Bonchev–Trinajstić information content (AvgIpc) is 3.11. The summed E-state index contributed by atoms with van der Waals surface area (Å²) in [4.78, 5) is 17.9. The number of imidazole rings is 1. The number of aliphatic hydroxyl groups excluding tert-OH is 1. The Kier molecular flexibility index (Phi) is 3.76. The van der Waals surface area contributed by atoms with Crippen LogP contribution in [0.4, 0.5) is 0 Å². The van der Waals surface area contributed by atoms with Crippen molar-refractivity contribution in [1.29, 1.82) is 0 Å². The zero-order valence-electron chi connectivity index (χ0n) is 11.6. The quantitative estimate of drug-likeness (QED) is 0.870. The van der Waals surface area contributed by atoms with Crippen molar-refractivity contribution >= 4 is 5.91 Å². The molecule has 1 aromatic heterocycles. The Morgan fingerprint density at radius 1 is 1.50 bits per heavy atom. The van der Waals surface area contributed by atoms with E-state index in [2.05, 4.69) is 4.98 Å². The molecule has 2 atom stereocenters. The maximum absolute atomic E-state index is 12.2. The Hall–Kier alpha value is -1.40. The summed E-state index contributed by atoms with van der Waals surface area (Å²) in [6, 6.07) is 0. The first-order valence-corrected chi connectivity index (χ1v) is 7.25. The standard InChI is InChI=1S/C14H21N3O3/c18-12-10-17(7-4-14(12)3-1-9-20-14)13(19)2-6-16-8-5-15-11-16/h5,8,11-12,18H,1-4,6-7,9-10H2/t12-,14-/m0/s1. The van der Waals surface area contributed by atoms with Gasteiger partial charge in [-0.3, -0.25) is 4.79 Å². The third-order valence-electron chi connectivity index (χ3n) is 4.44. The van der Waals surface area contributed by atoms with Crippen molar-refractivity contribution in [2.75, 3.05) is 19.7 Å². The number of nitrogens with zero attached hydrogens (tertiary/aromatic N) is 3. The molecule has 1 aromatic rings. The molecule has 6 nitrogen and oxygen atoms in total. The van der Waals surface area contributed by atoms with E-state index in [0.717, 1.165) is 25.9 Å². The lowest BCUT2D eigenvalue weighted by Crippen LogP contribution is -2.56. The number of carbonyl (C=O) groups excluding carboxylic acids is 1. The molecule has 2 fully saturated rings. The van der Waals surface area contributed by atoms with Gasteiger partial charge in [0.25, 0.3) is 0 Å². The SMILES string of the molecule is O=C(CCn1ccnc1)N1CC[C@@]2(CCCO2)[C@@H](O)C1. The van der Waals surface area contributed by atoms with Crippen LogP contribution in [0.3, 0.4) is 0 Å². The number of hydrogen-bond acceptors (Lipinski definition) is 4. The van der Waals surface area contributed by atoms with Crippen LogP contribution < -0.4 is 0 Å². The first kappa shape index (κ1) is 13.6. The largest absolute Gasteiger partial charge is 0.388 e. The van der Waals surface area contributed by atoms with Gasteiger partial charge in [0.2, 0.25) is 5.91 Å². The molecule has 2 aliphatic heterocycles. The molecule has 1 N–H and O–H groups in total. The fraction of sp³-hybridized carbons (Fsp3) is 0.714. The lowest BCUT2D eigenvalue weighted by atomic mass is 9.86. The van der Waals surface area contributed by atoms with E-state index in [1.165, 1.54) is 0 Å². The Morgan fingerprint density at radius 2 is 2.40 bits per heavy atom. The summed E-state index contributed by atoms with van der Waals surface area (Å²) < 4.78 is 7.63. The Bertz CT molecular complexity index is 454. The number of aromatic nitrogens is 2.